The van der Waals surface area contributed by atoms with Crippen molar-refractivity contribution >= 4 is 5.91 Å². The Balaban J connectivity index is 1.77. The minimum Gasteiger partial charge on any atom is -0.349 e. The Morgan fingerprint density at radius 2 is 2.11 bits per heavy atom. The van der Waals surface area contributed by atoms with Crippen LogP contribution >= 0.6 is 0 Å². The molecule has 0 spiro atoms. The molecule has 2 N–H and O–H groups in total. The number of hydrogen-bond acceptors (Lipinski definition) is 3. The number of H-pyrrole nitrogens is 1. The van der Waals surface area contributed by atoms with Crippen molar-refractivity contribution < 1.29 is 4.79 Å². The third-order valence-corrected chi connectivity index (χ3v) is 2.75. The minimum atomic E-state index is -0.394. The Kier molecular flexibility index (Phi) is 4.12. The quantitative estimate of drug-likeness (QED) is 0.767. The SMILES string of the molecule is Cn1nc(C(=O)NCCCc2ccccc2)[nH]c1=O. The predicted molar refractivity (Wildman–Crippen MR) is 70.9 cm³/mol. The van der Waals surface area contributed by atoms with Gasteiger partial charge in [0.05, 0.1) is 0 Å². The largest absolute Gasteiger partial charge is 0.349 e. The Morgan fingerprint density at radius 1 is 1.37 bits per heavy atom. The van der Waals surface area contributed by atoms with Crippen LogP contribution in [0.5, 0.6) is 0 Å². The second-order valence-corrected chi connectivity index (χ2v) is 4.25. The van der Waals surface area contributed by atoms with Crippen LogP contribution in [0.1, 0.15) is 22.6 Å². The van der Waals surface area contributed by atoms with Gasteiger partial charge >= 0.3 is 5.69 Å². The van der Waals surface area contributed by atoms with Crippen LogP contribution in [-0.2, 0) is 13.5 Å². The molecule has 0 unspecified atom stereocenters. The van der Waals surface area contributed by atoms with Crippen LogP contribution in [0.25, 0.3) is 0 Å². The number of amides is 1. The highest BCUT2D eigenvalue weighted by atomic mass is 16.2. The zero-order valence-corrected chi connectivity index (χ0v) is 10.7. The van der Waals surface area contributed by atoms with Crippen LogP contribution in [0, 0.1) is 0 Å². The third kappa shape index (κ3) is 3.54. The number of aryl methyl sites for hydroxylation is 2. The summed E-state index contributed by atoms with van der Waals surface area (Å²) in [7, 11) is 1.49. The molecule has 0 saturated carbocycles. The Morgan fingerprint density at radius 3 is 2.74 bits per heavy atom. The molecule has 6 nitrogen and oxygen atoms in total. The molecule has 0 radical (unpaired) electrons. The van der Waals surface area contributed by atoms with E-state index in [1.165, 1.54) is 12.6 Å². The monoisotopic (exact) mass is 260 g/mol. The summed E-state index contributed by atoms with van der Waals surface area (Å²) < 4.78 is 1.10. The van der Waals surface area contributed by atoms with Crippen LogP contribution in [0.3, 0.4) is 0 Å². The first-order valence-corrected chi connectivity index (χ1v) is 6.12. The Hall–Kier alpha value is -2.37. The summed E-state index contributed by atoms with van der Waals surface area (Å²) >= 11 is 0. The molecule has 2 rings (SSSR count). The van der Waals surface area contributed by atoms with Crippen molar-refractivity contribution in [3.8, 4) is 0 Å². The number of aromatic nitrogens is 3. The lowest BCUT2D eigenvalue weighted by atomic mass is 10.1. The van der Waals surface area contributed by atoms with E-state index in [2.05, 4.69) is 27.5 Å². The van der Waals surface area contributed by atoms with Crippen molar-refractivity contribution in [1.29, 1.82) is 0 Å². The van der Waals surface area contributed by atoms with Crippen molar-refractivity contribution in [3.63, 3.8) is 0 Å². The zero-order valence-electron chi connectivity index (χ0n) is 10.7. The van der Waals surface area contributed by atoms with E-state index in [4.69, 9.17) is 0 Å². The molecule has 0 aliphatic heterocycles. The number of carbonyl (C=O) groups is 1. The summed E-state index contributed by atoms with van der Waals surface area (Å²) in [6.45, 7) is 0.548. The topological polar surface area (TPSA) is 79.8 Å². The third-order valence-electron chi connectivity index (χ3n) is 2.75. The number of benzene rings is 1. The molecule has 0 aliphatic rings. The molecular weight excluding hydrogens is 244 g/mol. The molecule has 19 heavy (non-hydrogen) atoms. The molecule has 6 heteroatoms. The van der Waals surface area contributed by atoms with Gasteiger partial charge in [0.2, 0.25) is 5.82 Å². The molecule has 1 aromatic carbocycles. The average Bonchev–Trinajstić information content (AvgIpc) is 2.76. The second-order valence-electron chi connectivity index (χ2n) is 4.25. The Labute approximate surface area is 110 Å². The van der Waals surface area contributed by atoms with E-state index in [0.29, 0.717) is 6.54 Å². The van der Waals surface area contributed by atoms with Gasteiger partial charge in [-0.2, -0.15) is 0 Å². The maximum Gasteiger partial charge on any atom is 0.343 e. The molecule has 0 fully saturated rings. The fourth-order valence-electron chi connectivity index (χ4n) is 1.73. The number of rotatable bonds is 5. The van der Waals surface area contributed by atoms with Gasteiger partial charge < -0.3 is 5.32 Å². The van der Waals surface area contributed by atoms with E-state index in [9.17, 15) is 9.59 Å². The summed E-state index contributed by atoms with van der Waals surface area (Å²) in [5.41, 5.74) is 0.845. The van der Waals surface area contributed by atoms with E-state index >= 15 is 0 Å². The lowest BCUT2D eigenvalue weighted by Crippen LogP contribution is -2.26. The fourth-order valence-corrected chi connectivity index (χ4v) is 1.73. The number of carbonyl (C=O) groups excluding carboxylic acids is 1. The van der Waals surface area contributed by atoms with Crippen molar-refractivity contribution in [3.05, 3.63) is 52.2 Å². The van der Waals surface area contributed by atoms with Gasteiger partial charge in [-0.3, -0.25) is 9.78 Å². The summed E-state index contributed by atoms with van der Waals surface area (Å²) in [4.78, 5) is 25.2. The first-order chi connectivity index (χ1) is 9.16. The van der Waals surface area contributed by atoms with Gasteiger partial charge in [-0.05, 0) is 18.4 Å². The van der Waals surface area contributed by atoms with Gasteiger partial charge in [-0.25, -0.2) is 9.48 Å². The molecule has 100 valence electrons. The summed E-state index contributed by atoms with van der Waals surface area (Å²) in [6, 6.07) is 10.1. The van der Waals surface area contributed by atoms with Crippen LogP contribution < -0.4 is 11.0 Å². The molecule has 1 aromatic heterocycles. The minimum absolute atomic E-state index is 0.0483. The lowest BCUT2D eigenvalue weighted by molar-refractivity contribution is 0.0942. The van der Waals surface area contributed by atoms with E-state index in [-0.39, 0.29) is 11.7 Å². The van der Waals surface area contributed by atoms with E-state index < -0.39 is 5.69 Å². The number of nitrogens with one attached hydrogen (secondary N) is 2. The Bertz CT molecular complexity index is 601. The number of aromatic amines is 1. The highest BCUT2D eigenvalue weighted by molar-refractivity contribution is 5.90. The van der Waals surface area contributed by atoms with Crippen LogP contribution in [-0.4, -0.2) is 27.2 Å². The van der Waals surface area contributed by atoms with E-state index in [1.54, 1.807) is 0 Å². The van der Waals surface area contributed by atoms with Gasteiger partial charge in [-0.1, -0.05) is 30.3 Å². The van der Waals surface area contributed by atoms with Gasteiger partial charge in [0, 0.05) is 13.6 Å². The molecular formula is C13H16N4O2. The number of hydrogen-bond donors (Lipinski definition) is 2. The second kappa shape index (κ2) is 5.99. The maximum absolute atomic E-state index is 11.7. The first-order valence-electron chi connectivity index (χ1n) is 6.12. The average molecular weight is 260 g/mol. The van der Waals surface area contributed by atoms with Crippen molar-refractivity contribution in [2.24, 2.45) is 7.05 Å². The van der Waals surface area contributed by atoms with Gasteiger partial charge in [0.1, 0.15) is 0 Å². The molecule has 0 atom stereocenters. The highest BCUT2D eigenvalue weighted by Crippen LogP contribution is 2.01. The van der Waals surface area contributed by atoms with Crippen molar-refractivity contribution in [1.82, 2.24) is 20.1 Å². The van der Waals surface area contributed by atoms with Crippen LogP contribution in [0.15, 0.2) is 35.1 Å². The highest BCUT2D eigenvalue weighted by Gasteiger charge is 2.10. The molecule has 2 aromatic rings. The van der Waals surface area contributed by atoms with Crippen molar-refractivity contribution in [2.45, 2.75) is 12.8 Å². The van der Waals surface area contributed by atoms with E-state index in [0.717, 1.165) is 17.5 Å². The standard InChI is InChI=1S/C13H16N4O2/c1-17-13(19)15-11(16-17)12(18)14-9-5-8-10-6-3-2-4-7-10/h2-4,6-7H,5,8-9H2,1H3,(H,14,18)(H,15,16,19). The molecule has 0 bridgehead atoms. The number of nitrogens with zero attached hydrogens (tertiary/aromatic N) is 2. The summed E-state index contributed by atoms with van der Waals surface area (Å²) in [5, 5.41) is 6.51. The summed E-state index contributed by atoms with van der Waals surface area (Å²) in [6.07, 6.45) is 1.74. The lowest BCUT2D eigenvalue weighted by Gasteiger charge is -2.03. The van der Waals surface area contributed by atoms with Gasteiger partial charge in [0.25, 0.3) is 5.91 Å². The predicted octanol–water partition coefficient (Wildman–Crippen LogP) is 0.471. The van der Waals surface area contributed by atoms with Gasteiger partial charge in [0.15, 0.2) is 0 Å². The van der Waals surface area contributed by atoms with Crippen LogP contribution in [0.4, 0.5) is 0 Å². The molecule has 0 saturated heterocycles. The van der Waals surface area contributed by atoms with Crippen LogP contribution in [0.2, 0.25) is 0 Å². The zero-order chi connectivity index (χ0) is 13.7. The van der Waals surface area contributed by atoms with E-state index in [1.807, 2.05) is 18.2 Å². The summed E-state index contributed by atoms with van der Waals surface area (Å²) in [5.74, 6) is -0.307. The fraction of sp³-hybridized carbons (Fsp3) is 0.308. The van der Waals surface area contributed by atoms with Crippen molar-refractivity contribution in [2.75, 3.05) is 6.54 Å². The molecule has 1 amide bonds. The molecule has 1 heterocycles. The smallest absolute Gasteiger partial charge is 0.343 e. The first kappa shape index (κ1) is 13.1. The van der Waals surface area contributed by atoms with Gasteiger partial charge in [-0.15, -0.1) is 5.10 Å². The maximum atomic E-state index is 11.7. The molecule has 0 aliphatic carbocycles. The normalized spacial score (nSPS) is 10.4.